The maximum Gasteiger partial charge on any atom is 0.251 e. The third kappa shape index (κ3) is 4.40. The molecule has 1 amide bonds. The second kappa shape index (κ2) is 7.98. The first-order valence-corrected chi connectivity index (χ1v) is 10.4. The zero-order valence-corrected chi connectivity index (χ0v) is 15.6. The van der Waals surface area contributed by atoms with Crippen LogP contribution in [0.1, 0.15) is 20.5 Å². The number of benzene rings is 2. The van der Waals surface area contributed by atoms with Gasteiger partial charge in [-0.1, -0.05) is 12.1 Å². The first-order valence-electron chi connectivity index (χ1n) is 7.94. The van der Waals surface area contributed by atoms with Crippen molar-refractivity contribution in [2.24, 2.45) is 0 Å². The summed E-state index contributed by atoms with van der Waals surface area (Å²) in [5.41, 5.74) is 0.0964. The number of carbonyl (C=O) groups excluding carboxylic acids is 1. The topological polar surface area (TPSA) is 63.2 Å². The van der Waals surface area contributed by atoms with Crippen molar-refractivity contribution in [3.05, 3.63) is 88.1 Å². The highest BCUT2D eigenvalue weighted by atomic mass is 32.2. The van der Waals surface area contributed by atoms with E-state index in [4.69, 9.17) is 0 Å². The molecule has 2 aromatic carbocycles. The Bertz CT molecular complexity index is 1030. The summed E-state index contributed by atoms with van der Waals surface area (Å²) in [7, 11) is -3.87. The third-order valence-corrected chi connectivity index (χ3v) is 7.15. The second-order valence-corrected chi connectivity index (χ2v) is 8.83. The Morgan fingerprint density at radius 1 is 1.00 bits per heavy atom. The van der Waals surface area contributed by atoms with Crippen LogP contribution < -0.4 is 5.32 Å². The highest BCUT2D eigenvalue weighted by molar-refractivity contribution is 7.91. The van der Waals surface area contributed by atoms with E-state index in [1.807, 2.05) is 0 Å². The van der Waals surface area contributed by atoms with Crippen LogP contribution in [0.25, 0.3) is 0 Å². The number of carbonyl (C=O) groups is 1. The Morgan fingerprint density at radius 2 is 1.74 bits per heavy atom. The van der Waals surface area contributed by atoms with Crippen LogP contribution in [0.15, 0.2) is 70.9 Å². The highest BCUT2D eigenvalue weighted by Crippen LogP contribution is 2.31. The molecule has 1 aromatic heterocycles. The minimum atomic E-state index is -3.87. The van der Waals surface area contributed by atoms with E-state index in [1.165, 1.54) is 41.7 Å². The van der Waals surface area contributed by atoms with E-state index < -0.39 is 32.6 Å². The summed E-state index contributed by atoms with van der Waals surface area (Å²) in [6.45, 7) is -0.199. The molecular formula is C19H15F2NO3S2. The summed E-state index contributed by atoms with van der Waals surface area (Å²) in [4.78, 5) is 12.8. The molecule has 0 spiro atoms. The number of thiophene rings is 1. The average Bonchev–Trinajstić information content (AvgIpc) is 3.16. The SMILES string of the molecule is O=C(NC[C@H](c1cccs1)S(=O)(=O)c1ccc(F)cc1)c1cccc(F)c1. The fourth-order valence-corrected chi connectivity index (χ4v) is 5.33. The Labute approximate surface area is 159 Å². The Hall–Kier alpha value is -2.58. The monoisotopic (exact) mass is 407 g/mol. The van der Waals surface area contributed by atoms with E-state index >= 15 is 0 Å². The van der Waals surface area contributed by atoms with Crippen LogP contribution in [0.4, 0.5) is 8.78 Å². The molecule has 0 aliphatic carbocycles. The zero-order chi connectivity index (χ0) is 19.4. The quantitative estimate of drug-likeness (QED) is 0.629. The van der Waals surface area contributed by atoms with Crippen molar-refractivity contribution in [3.63, 3.8) is 0 Å². The van der Waals surface area contributed by atoms with Gasteiger partial charge in [0.25, 0.3) is 5.91 Å². The van der Waals surface area contributed by atoms with Gasteiger partial charge in [0.2, 0.25) is 0 Å². The molecule has 8 heteroatoms. The molecule has 3 aromatic rings. The maximum atomic E-state index is 13.3. The van der Waals surface area contributed by atoms with E-state index in [2.05, 4.69) is 5.32 Å². The van der Waals surface area contributed by atoms with Gasteiger partial charge in [-0.3, -0.25) is 4.79 Å². The molecule has 0 bridgehead atoms. The zero-order valence-electron chi connectivity index (χ0n) is 13.9. The van der Waals surface area contributed by atoms with Gasteiger partial charge in [-0.15, -0.1) is 11.3 Å². The maximum absolute atomic E-state index is 13.3. The first kappa shape index (κ1) is 19.2. The van der Waals surface area contributed by atoms with Crippen molar-refractivity contribution >= 4 is 27.1 Å². The standard InChI is InChI=1S/C19H15F2NO3S2/c20-14-6-8-16(9-7-14)27(24,25)18(17-5-2-10-26-17)12-22-19(23)13-3-1-4-15(21)11-13/h1-11,18H,12H2,(H,22,23)/t18-/m1/s1. The van der Waals surface area contributed by atoms with Crippen molar-refractivity contribution in [2.75, 3.05) is 6.54 Å². The van der Waals surface area contributed by atoms with Crippen molar-refractivity contribution in [3.8, 4) is 0 Å². The van der Waals surface area contributed by atoms with Gasteiger partial charge >= 0.3 is 0 Å². The molecule has 1 heterocycles. The number of nitrogens with one attached hydrogen (secondary N) is 1. The number of sulfone groups is 1. The Morgan fingerprint density at radius 3 is 2.37 bits per heavy atom. The number of amides is 1. The molecule has 0 unspecified atom stereocenters. The average molecular weight is 407 g/mol. The van der Waals surface area contributed by atoms with Crippen molar-refractivity contribution in [2.45, 2.75) is 10.1 Å². The van der Waals surface area contributed by atoms with Crippen LogP contribution >= 0.6 is 11.3 Å². The van der Waals surface area contributed by atoms with Gasteiger partial charge < -0.3 is 5.32 Å². The summed E-state index contributed by atoms with van der Waals surface area (Å²) in [6, 6.07) is 13.0. The molecule has 27 heavy (non-hydrogen) atoms. The molecule has 1 N–H and O–H groups in total. The number of halogens is 2. The van der Waals surface area contributed by atoms with E-state index in [0.29, 0.717) is 4.88 Å². The molecule has 1 atom stereocenters. The van der Waals surface area contributed by atoms with Crippen LogP contribution in [-0.2, 0) is 9.84 Å². The lowest BCUT2D eigenvalue weighted by atomic mass is 10.2. The molecule has 0 saturated heterocycles. The van der Waals surface area contributed by atoms with Crippen LogP contribution in [0, 0.1) is 11.6 Å². The van der Waals surface area contributed by atoms with Gasteiger partial charge in [0.1, 0.15) is 16.9 Å². The van der Waals surface area contributed by atoms with Gasteiger partial charge in [0.05, 0.1) is 4.90 Å². The van der Waals surface area contributed by atoms with Crippen molar-refractivity contribution in [1.29, 1.82) is 0 Å². The predicted octanol–water partition coefficient (Wildman–Crippen LogP) is 3.97. The summed E-state index contributed by atoms with van der Waals surface area (Å²) in [5, 5.41) is 3.24. The highest BCUT2D eigenvalue weighted by Gasteiger charge is 2.30. The molecule has 0 saturated carbocycles. The minimum absolute atomic E-state index is 0.0395. The summed E-state index contributed by atoms with van der Waals surface area (Å²) >= 11 is 1.24. The molecule has 0 radical (unpaired) electrons. The van der Waals surface area contributed by atoms with Gasteiger partial charge in [-0.05, 0) is 53.9 Å². The Kier molecular flexibility index (Phi) is 5.67. The molecule has 0 fully saturated rings. The van der Waals surface area contributed by atoms with Crippen molar-refractivity contribution < 1.29 is 22.0 Å². The summed E-state index contributed by atoms with van der Waals surface area (Å²) < 4.78 is 52.5. The normalized spacial score (nSPS) is 12.5. The second-order valence-electron chi connectivity index (χ2n) is 5.72. The lowest BCUT2D eigenvalue weighted by Gasteiger charge is -2.17. The fraction of sp³-hybridized carbons (Fsp3) is 0.105. The van der Waals surface area contributed by atoms with E-state index in [0.717, 1.165) is 18.2 Å². The third-order valence-electron chi connectivity index (χ3n) is 3.91. The lowest BCUT2D eigenvalue weighted by Crippen LogP contribution is -2.31. The van der Waals surface area contributed by atoms with Gasteiger partial charge in [-0.2, -0.15) is 0 Å². The van der Waals surface area contributed by atoms with E-state index in [-0.39, 0.29) is 17.0 Å². The molecule has 140 valence electrons. The van der Waals surface area contributed by atoms with Gasteiger partial charge in [0, 0.05) is 17.0 Å². The van der Waals surface area contributed by atoms with Crippen LogP contribution in [-0.4, -0.2) is 20.9 Å². The smallest absolute Gasteiger partial charge is 0.251 e. The number of hydrogen-bond donors (Lipinski definition) is 1. The summed E-state index contributed by atoms with van der Waals surface area (Å²) in [5.74, 6) is -1.68. The molecular weight excluding hydrogens is 392 g/mol. The minimum Gasteiger partial charge on any atom is -0.350 e. The van der Waals surface area contributed by atoms with Gasteiger partial charge in [-0.25, -0.2) is 17.2 Å². The van der Waals surface area contributed by atoms with Crippen LogP contribution in [0.2, 0.25) is 0 Å². The molecule has 3 rings (SSSR count). The number of rotatable bonds is 6. The fourth-order valence-electron chi connectivity index (χ4n) is 2.54. The largest absolute Gasteiger partial charge is 0.350 e. The molecule has 0 aliphatic rings. The first-order chi connectivity index (χ1) is 12.9. The van der Waals surface area contributed by atoms with E-state index in [1.54, 1.807) is 17.5 Å². The lowest BCUT2D eigenvalue weighted by molar-refractivity contribution is 0.0953. The number of hydrogen-bond acceptors (Lipinski definition) is 4. The predicted molar refractivity (Wildman–Crippen MR) is 99.4 cm³/mol. The van der Waals surface area contributed by atoms with E-state index in [9.17, 15) is 22.0 Å². The Balaban J connectivity index is 1.86. The van der Waals surface area contributed by atoms with Crippen LogP contribution in [0.3, 0.4) is 0 Å². The summed E-state index contributed by atoms with van der Waals surface area (Å²) in [6.07, 6.45) is 0. The van der Waals surface area contributed by atoms with Gasteiger partial charge in [0.15, 0.2) is 9.84 Å². The van der Waals surface area contributed by atoms with Crippen molar-refractivity contribution in [1.82, 2.24) is 5.32 Å². The van der Waals surface area contributed by atoms with Crippen LogP contribution in [0.5, 0.6) is 0 Å². The molecule has 4 nitrogen and oxygen atoms in total. The molecule has 0 aliphatic heterocycles.